The van der Waals surface area contributed by atoms with E-state index in [-0.39, 0.29) is 12.1 Å². The zero-order chi connectivity index (χ0) is 26.8. The highest BCUT2D eigenvalue weighted by atomic mass is 32.1. The van der Waals surface area contributed by atoms with Crippen molar-refractivity contribution >= 4 is 23.0 Å². The first-order valence-electron chi connectivity index (χ1n) is 14.0. The lowest BCUT2D eigenvalue weighted by atomic mass is 9.96. The van der Waals surface area contributed by atoms with Crippen LogP contribution in [-0.4, -0.2) is 90.2 Å². The van der Waals surface area contributed by atoms with Crippen molar-refractivity contribution in [2.45, 2.75) is 25.9 Å². The van der Waals surface area contributed by atoms with Crippen LogP contribution in [0.5, 0.6) is 0 Å². The summed E-state index contributed by atoms with van der Waals surface area (Å²) in [5.74, 6) is 0. The Hall–Kier alpha value is -2.98. The fraction of sp³-hybridized carbons (Fsp3) is 0.467. The normalized spacial score (nSPS) is 22.4. The molecule has 6 rings (SSSR count). The molecule has 0 bridgehead atoms. The van der Waals surface area contributed by atoms with Crippen molar-refractivity contribution in [1.82, 2.24) is 24.7 Å². The van der Waals surface area contributed by atoms with Crippen molar-refractivity contribution in [2.24, 2.45) is 0 Å². The number of morpholine rings is 2. The molecule has 0 aliphatic carbocycles. The summed E-state index contributed by atoms with van der Waals surface area (Å²) < 4.78 is 13.5. The molecule has 1 aromatic carbocycles. The molecule has 0 unspecified atom stereocenters. The van der Waals surface area contributed by atoms with Gasteiger partial charge >= 0.3 is 0 Å². The molecule has 3 saturated heterocycles. The molecule has 39 heavy (non-hydrogen) atoms. The summed E-state index contributed by atoms with van der Waals surface area (Å²) in [7, 11) is 0. The molecule has 3 fully saturated rings. The van der Waals surface area contributed by atoms with Gasteiger partial charge in [-0.2, -0.15) is 0 Å². The Kier molecular flexibility index (Phi) is 7.83. The minimum Gasteiger partial charge on any atom is -0.379 e. The summed E-state index contributed by atoms with van der Waals surface area (Å²) in [6, 6.07) is 17.4. The highest BCUT2D eigenvalue weighted by Crippen LogP contribution is 2.41. The van der Waals surface area contributed by atoms with Gasteiger partial charge in [-0.1, -0.05) is 6.07 Å². The number of aryl methyl sites for hydroxylation is 1. The van der Waals surface area contributed by atoms with Gasteiger partial charge in [0.05, 0.1) is 44.2 Å². The molecule has 5 heterocycles. The number of benzene rings is 1. The average Bonchev–Trinajstić information content (AvgIpc) is 3.47. The lowest BCUT2D eigenvalue weighted by Crippen LogP contribution is -2.42. The van der Waals surface area contributed by atoms with Crippen molar-refractivity contribution in [2.75, 3.05) is 70.6 Å². The SMILES string of the molecule is Cc1cc([C@H]2[C@H](c3ccccn3)NC(=S)N2CCN2CCOCC2)c(C)n1-c1ccc(N2CCOCC2)cc1. The smallest absolute Gasteiger partial charge is 0.170 e. The number of ether oxygens (including phenoxy) is 2. The molecule has 0 spiro atoms. The van der Waals surface area contributed by atoms with Gasteiger partial charge < -0.3 is 29.2 Å². The van der Waals surface area contributed by atoms with E-state index < -0.39 is 0 Å². The van der Waals surface area contributed by atoms with Crippen LogP contribution in [0.1, 0.15) is 34.7 Å². The third-order valence-corrected chi connectivity index (χ3v) is 8.58. The largest absolute Gasteiger partial charge is 0.379 e. The molecular weight excluding hydrogens is 508 g/mol. The molecule has 0 amide bonds. The highest BCUT2D eigenvalue weighted by molar-refractivity contribution is 7.80. The summed E-state index contributed by atoms with van der Waals surface area (Å²) in [4.78, 5) is 12.0. The first-order chi connectivity index (χ1) is 19.1. The maximum absolute atomic E-state index is 5.94. The van der Waals surface area contributed by atoms with Crippen LogP contribution in [0.4, 0.5) is 5.69 Å². The minimum atomic E-state index is -0.0129. The number of hydrogen-bond donors (Lipinski definition) is 1. The molecule has 206 valence electrons. The molecule has 0 saturated carbocycles. The van der Waals surface area contributed by atoms with Gasteiger partial charge in [-0.25, -0.2) is 0 Å². The minimum absolute atomic E-state index is 0.0129. The summed E-state index contributed by atoms with van der Waals surface area (Å²) in [6.07, 6.45) is 1.87. The molecule has 2 aromatic heterocycles. The Bertz CT molecular complexity index is 1270. The number of pyridine rings is 1. The van der Waals surface area contributed by atoms with Gasteiger partial charge in [-0.3, -0.25) is 9.88 Å². The Morgan fingerprint density at radius 2 is 1.59 bits per heavy atom. The van der Waals surface area contributed by atoms with E-state index in [1.165, 1.54) is 28.3 Å². The third-order valence-electron chi connectivity index (χ3n) is 8.23. The fourth-order valence-electron chi connectivity index (χ4n) is 6.18. The zero-order valence-electron chi connectivity index (χ0n) is 22.9. The molecule has 3 aliphatic rings. The van der Waals surface area contributed by atoms with Crippen LogP contribution in [0.15, 0.2) is 54.7 Å². The Morgan fingerprint density at radius 1 is 0.897 bits per heavy atom. The van der Waals surface area contributed by atoms with Crippen LogP contribution in [0.25, 0.3) is 5.69 Å². The number of aromatic nitrogens is 2. The van der Waals surface area contributed by atoms with Crippen LogP contribution in [-0.2, 0) is 9.47 Å². The number of hydrogen-bond acceptors (Lipinski definition) is 6. The maximum Gasteiger partial charge on any atom is 0.170 e. The monoisotopic (exact) mass is 546 g/mol. The van der Waals surface area contributed by atoms with Gasteiger partial charge in [0.25, 0.3) is 0 Å². The van der Waals surface area contributed by atoms with Gasteiger partial charge in [0.15, 0.2) is 5.11 Å². The topological polar surface area (TPSA) is 58.0 Å². The van der Waals surface area contributed by atoms with Crippen molar-refractivity contribution in [1.29, 1.82) is 0 Å². The standard InChI is InChI=1S/C30H38N6O2S/c1-22-21-26(23(2)36(22)25-8-6-24(7-9-25)34-15-19-38-20-16-34)29-28(27-5-3-4-10-31-27)32-30(39)35(29)12-11-33-13-17-37-18-14-33/h3-10,21,28-29H,11-20H2,1-2H3,(H,32,39)/t28-,29-/m0/s1. The van der Waals surface area contributed by atoms with Crippen LogP contribution >= 0.6 is 12.2 Å². The quantitative estimate of drug-likeness (QED) is 0.451. The van der Waals surface area contributed by atoms with E-state index in [1.54, 1.807) is 0 Å². The molecule has 1 N–H and O–H groups in total. The first-order valence-corrected chi connectivity index (χ1v) is 14.4. The number of thiocarbonyl (C=S) groups is 1. The van der Waals surface area contributed by atoms with E-state index in [9.17, 15) is 0 Å². The van der Waals surface area contributed by atoms with Gasteiger partial charge in [0.1, 0.15) is 0 Å². The van der Waals surface area contributed by atoms with Crippen molar-refractivity contribution in [3.05, 3.63) is 77.4 Å². The zero-order valence-corrected chi connectivity index (χ0v) is 23.7. The van der Waals surface area contributed by atoms with E-state index >= 15 is 0 Å². The summed E-state index contributed by atoms with van der Waals surface area (Å²) in [6.45, 7) is 13.2. The fourth-order valence-corrected chi connectivity index (χ4v) is 6.51. The molecule has 2 atom stereocenters. The lowest BCUT2D eigenvalue weighted by Gasteiger charge is -2.32. The van der Waals surface area contributed by atoms with Gasteiger partial charge in [0.2, 0.25) is 0 Å². The molecule has 3 aliphatic heterocycles. The van der Waals surface area contributed by atoms with Crippen LogP contribution in [0.2, 0.25) is 0 Å². The number of nitrogens with zero attached hydrogens (tertiary/aromatic N) is 5. The van der Waals surface area contributed by atoms with E-state index in [1.807, 2.05) is 12.3 Å². The Balaban J connectivity index is 1.31. The van der Waals surface area contributed by atoms with E-state index in [0.29, 0.717) is 0 Å². The second-order valence-electron chi connectivity index (χ2n) is 10.6. The van der Waals surface area contributed by atoms with Crippen LogP contribution < -0.4 is 10.2 Å². The van der Waals surface area contributed by atoms with Crippen molar-refractivity contribution in [3.63, 3.8) is 0 Å². The van der Waals surface area contributed by atoms with E-state index in [2.05, 4.69) is 80.9 Å². The molecule has 8 nitrogen and oxygen atoms in total. The Labute approximate surface area is 236 Å². The number of rotatable bonds is 7. The van der Waals surface area contributed by atoms with E-state index in [0.717, 1.165) is 76.5 Å². The second kappa shape index (κ2) is 11.6. The predicted octanol–water partition coefficient (Wildman–Crippen LogP) is 3.63. The number of nitrogens with one attached hydrogen (secondary N) is 1. The van der Waals surface area contributed by atoms with Gasteiger partial charge in [-0.15, -0.1) is 0 Å². The second-order valence-corrected chi connectivity index (χ2v) is 10.9. The summed E-state index contributed by atoms with van der Waals surface area (Å²) in [5, 5.41) is 4.42. The number of anilines is 1. The highest BCUT2D eigenvalue weighted by Gasteiger charge is 2.41. The van der Waals surface area contributed by atoms with Crippen molar-refractivity contribution in [3.8, 4) is 5.69 Å². The maximum atomic E-state index is 5.94. The predicted molar refractivity (Wildman–Crippen MR) is 158 cm³/mol. The average molecular weight is 547 g/mol. The summed E-state index contributed by atoms with van der Waals surface area (Å²) >= 11 is 5.94. The lowest BCUT2D eigenvalue weighted by molar-refractivity contribution is 0.0350. The summed E-state index contributed by atoms with van der Waals surface area (Å²) in [5.41, 5.74) is 7.18. The Morgan fingerprint density at radius 3 is 2.28 bits per heavy atom. The van der Waals surface area contributed by atoms with Crippen LogP contribution in [0.3, 0.4) is 0 Å². The molecular formula is C30H38N6O2S. The van der Waals surface area contributed by atoms with Crippen LogP contribution in [0, 0.1) is 13.8 Å². The van der Waals surface area contributed by atoms with E-state index in [4.69, 9.17) is 26.7 Å². The third kappa shape index (κ3) is 5.41. The first kappa shape index (κ1) is 26.3. The van der Waals surface area contributed by atoms with Crippen molar-refractivity contribution < 1.29 is 9.47 Å². The molecule has 0 radical (unpaired) electrons. The molecule has 9 heteroatoms. The van der Waals surface area contributed by atoms with Gasteiger partial charge in [-0.05, 0) is 74.1 Å². The molecule has 3 aromatic rings. The van der Waals surface area contributed by atoms with Gasteiger partial charge in [0, 0.05) is 68.2 Å².